The molecule has 0 unspecified atom stereocenters. The lowest BCUT2D eigenvalue weighted by Crippen LogP contribution is -2.03. The predicted molar refractivity (Wildman–Crippen MR) is 58.4 cm³/mol. The maximum absolute atomic E-state index is 5.88. The Bertz CT molecular complexity index is 312. The van der Waals surface area contributed by atoms with E-state index in [2.05, 4.69) is 5.32 Å². The number of hydrogen-bond acceptors (Lipinski definition) is 1. The van der Waals surface area contributed by atoms with Crippen LogP contribution < -0.4 is 5.32 Å². The third-order valence-electron chi connectivity index (χ3n) is 1.26. The number of thiocarbonyl (C=S) groups is 1. The predicted octanol–water partition coefficient (Wildman–Crippen LogP) is 3.75. The molecule has 0 saturated carbocycles. The molecule has 0 aromatic heterocycles. The van der Waals surface area contributed by atoms with Crippen molar-refractivity contribution >= 4 is 46.1 Å². The summed E-state index contributed by atoms with van der Waals surface area (Å²) in [5, 5.41) is 3.96. The average molecular weight is 220 g/mol. The smallest absolute Gasteiger partial charge is 0.0827 e. The Morgan fingerprint density at radius 2 is 2.08 bits per heavy atom. The zero-order chi connectivity index (χ0) is 9.14. The topological polar surface area (TPSA) is 12.0 Å². The molecule has 0 aliphatic carbocycles. The van der Waals surface area contributed by atoms with Gasteiger partial charge in [-0.15, -0.1) is 0 Å². The summed E-state index contributed by atoms with van der Waals surface area (Å²) in [6.45, 7) is 1.78. The van der Waals surface area contributed by atoms with E-state index < -0.39 is 0 Å². The van der Waals surface area contributed by atoms with Crippen molar-refractivity contribution in [3.63, 3.8) is 0 Å². The molecule has 0 bridgehead atoms. The fraction of sp³-hybridized carbons (Fsp3) is 0.125. The number of nitrogens with one attached hydrogen (secondary N) is 1. The second-order valence-electron chi connectivity index (χ2n) is 2.28. The van der Waals surface area contributed by atoms with Crippen molar-refractivity contribution in [2.75, 3.05) is 5.32 Å². The maximum Gasteiger partial charge on any atom is 0.0827 e. The van der Waals surface area contributed by atoms with Gasteiger partial charge in [-0.05, 0) is 19.1 Å². The molecule has 0 atom stereocenters. The third kappa shape index (κ3) is 2.34. The fourth-order valence-electron chi connectivity index (χ4n) is 0.790. The number of halogens is 2. The number of rotatable bonds is 1. The molecule has 0 amide bonds. The SMILES string of the molecule is CC(=S)Nc1cccc(Cl)c1Cl. The lowest BCUT2D eigenvalue weighted by molar-refractivity contribution is 1.63. The van der Waals surface area contributed by atoms with E-state index in [-0.39, 0.29) is 0 Å². The summed E-state index contributed by atoms with van der Waals surface area (Å²) in [5.74, 6) is 0. The Morgan fingerprint density at radius 3 is 2.67 bits per heavy atom. The molecule has 0 aliphatic heterocycles. The quantitative estimate of drug-likeness (QED) is 0.723. The van der Waals surface area contributed by atoms with Crippen LogP contribution in [0.3, 0.4) is 0 Å². The van der Waals surface area contributed by atoms with Gasteiger partial charge in [-0.3, -0.25) is 0 Å². The van der Waals surface area contributed by atoms with E-state index in [0.29, 0.717) is 15.0 Å². The zero-order valence-corrected chi connectivity index (χ0v) is 8.72. The minimum atomic E-state index is 0.503. The highest BCUT2D eigenvalue weighted by atomic mass is 35.5. The highest BCUT2D eigenvalue weighted by Gasteiger charge is 2.02. The Kier molecular flexibility index (Phi) is 3.32. The molecule has 1 nitrogen and oxygen atoms in total. The third-order valence-corrected chi connectivity index (χ3v) is 2.18. The highest BCUT2D eigenvalue weighted by molar-refractivity contribution is 7.80. The van der Waals surface area contributed by atoms with Crippen molar-refractivity contribution < 1.29 is 0 Å². The van der Waals surface area contributed by atoms with Crippen LogP contribution in [0.5, 0.6) is 0 Å². The van der Waals surface area contributed by atoms with Gasteiger partial charge in [-0.25, -0.2) is 0 Å². The minimum absolute atomic E-state index is 0.503. The van der Waals surface area contributed by atoms with Gasteiger partial charge >= 0.3 is 0 Å². The van der Waals surface area contributed by atoms with Gasteiger partial charge in [0.05, 0.1) is 20.7 Å². The molecule has 4 heteroatoms. The normalized spacial score (nSPS) is 9.58. The minimum Gasteiger partial charge on any atom is -0.349 e. The van der Waals surface area contributed by atoms with E-state index in [1.165, 1.54) is 0 Å². The van der Waals surface area contributed by atoms with E-state index >= 15 is 0 Å². The summed E-state index contributed by atoms with van der Waals surface area (Å²) < 4.78 is 0. The lowest BCUT2D eigenvalue weighted by atomic mass is 10.3. The average Bonchev–Trinajstić information content (AvgIpc) is 1.98. The molecule has 1 N–H and O–H groups in total. The van der Waals surface area contributed by atoms with Crippen molar-refractivity contribution in [1.29, 1.82) is 0 Å². The van der Waals surface area contributed by atoms with Gasteiger partial charge in [0.15, 0.2) is 0 Å². The van der Waals surface area contributed by atoms with Crippen LogP contribution >= 0.6 is 35.4 Å². The van der Waals surface area contributed by atoms with E-state index in [4.69, 9.17) is 35.4 Å². The first-order valence-corrected chi connectivity index (χ1v) is 4.49. The van der Waals surface area contributed by atoms with Crippen molar-refractivity contribution in [2.24, 2.45) is 0 Å². The molecular weight excluding hydrogens is 213 g/mol. The molecule has 0 heterocycles. The molecule has 1 aromatic carbocycles. The molecule has 12 heavy (non-hydrogen) atoms. The maximum atomic E-state index is 5.88. The van der Waals surface area contributed by atoms with Crippen LogP contribution in [-0.4, -0.2) is 4.99 Å². The van der Waals surface area contributed by atoms with Crippen molar-refractivity contribution in [3.05, 3.63) is 28.2 Å². The van der Waals surface area contributed by atoms with Gasteiger partial charge < -0.3 is 5.32 Å². The van der Waals surface area contributed by atoms with E-state index in [9.17, 15) is 0 Å². The largest absolute Gasteiger partial charge is 0.349 e. The van der Waals surface area contributed by atoms with Crippen LogP contribution in [0.25, 0.3) is 0 Å². The molecular formula is C8H7Cl2NS. The molecule has 0 radical (unpaired) electrons. The summed E-state index contributed by atoms with van der Waals surface area (Å²) in [4.78, 5) is 0.666. The first kappa shape index (κ1) is 9.78. The van der Waals surface area contributed by atoms with Crippen LogP contribution in [0, 0.1) is 0 Å². The summed E-state index contributed by atoms with van der Waals surface area (Å²) in [6.07, 6.45) is 0. The highest BCUT2D eigenvalue weighted by Crippen LogP contribution is 2.29. The molecule has 0 spiro atoms. The zero-order valence-electron chi connectivity index (χ0n) is 6.40. The first-order valence-electron chi connectivity index (χ1n) is 3.33. The molecule has 1 rings (SSSR count). The second-order valence-corrected chi connectivity index (χ2v) is 3.68. The van der Waals surface area contributed by atoms with Crippen molar-refractivity contribution in [3.8, 4) is 0 Å². The standard InChI is InChI=1S/C8H7Cl2NS/c1-5(12)11-7-4-2-3-6(9)8(7)10/h2-4H,1H3,(H,11,12). The van der Waals surface area contributed by atoms with Crippen LogP contribution in [0.15, 0.2) is 18.2 Å². The van der Waals surface area contributed by atoms with E-state index in [1.54, 1.807) is 13.0 Å². The molecule has 64 valence electrons. The van der Waals surface area contributed by atoms with Crippen molar-refractivity contribution in [2.45, 2.75) is 6.92 Å². The van der Waals surface area contributed by atoms with Crippen LogP contribution in [-0.2, 0) is 0 Å². The van der Waals surface area contributed by atoms with Gasteiger partial charge in [-0.2, -0.15) is 0 Å². The molecule has 0 fully saturated rings. The van der Waals surface area contributed by atoms with Crippen LogP contribution in [0.1, 0.15) is 6.92 Å². The number of hydrogen-bond donors (Lipinski definition) is 1. The van der Waals surface area contributed by atoms with Gasteiger partial charge in [0.25, 0.3) is 0 Å². The van der Waals surface area contributed by atoms with Gasteiger partial charge in [0.2, 0.25) is 0 Å². The summed E-state index contributed by atoms with van der Waals surface area (Å²) in [5.41, 5.74) is 0.747. The Labute approximate surface area is 86.7 Å². The van der Waals surface area contributed by atoms with Gasteiger partial charge in [0, 0.05) is 0 Å². The monoisotopic (exact) mass is 219 g/mol. The number of benzene rings is 1. The Balaban J connectivity index is 3.00. The first-order chi connectivity index (χ1) is 5.61. The van der Waals surface area contributed by atoms with Gasteiger partial charge in [0.1, 0.15) is 0 Å². The van der Waals surface area contributed by atoms with E-state index in [0.717, 1.165) is 5.69 Å². The van der Waals surface area contributed by atoms with Crippen LogP contribution in [0.4, 0.5) is 5.69 Å². The molecule has 0 aliphatic rings. The molecule has 0 saturated heterocycles. The Morgan fingerprint density at radius 1 is 1.42 bits per heavy atom. The van der Waals surface area contributed by atoms with E-state index in [1.807, 2.05) is 12.1 Å². The molecule has 1 aromatic rings. The Hall–Kier alpha value is -0.310. The van der Waals surface area contributed by atoms with Crippen LogP contribution in [0.2, 0.25) is 10.0 Å². The number of anilines is 1. The lowest BCUT2D eigenvalue weighted by Gasteiger charge is -2.06. The van der Waals surface area contributed by atoms with Crippen molar-refractivity contribution in [1.82, 2.24) is 0 Å². The summed E-state index contributed by atoms with van der Waals surface area (Å²) in [6, 6.07) is 5.37. The summed E-state index contributed by atoms with van der Waals surface area (Å²) in [7, 11) is 0. The van der Waals surface area contributed by atoms with Gasteiger partial charge in [-0.1, -0.05) is 41.5 Å². The second kappa shape index (κ2) is 4.08. The fourth-order valence-corrected chi connectivity index (χ4v) is 1.25. The summed E-state index contributed by atoms with van der Waals surface area (Å²) >= 11 is 16.5.